The second-order valence-corrected chi connectivity index (χ2v) is 5.99. The average Bonchev–Trinajstić information content (AvgIpc) is 2.86. The second kappa shape index (κ2) is 5.79. The minimum absolute atomic E-state index is 0.242. The molecular formula is C18H20FN3. The summed E-state index contributed by atoms with van der Waals surface area (Å²) in [5.41, 5.74) is 9.47. The van der Waals surface area contributed by atoms with Crippen molar-refractivity contribution in [2.75, 3.05) is 5.73 Å². The van der Waals surface area contributed by atoms with Gasteiger partial charge < -0.3 is 10.3 Å². The van der Waals surface area contributed by atoms with Crippen molar-refractivity contribution < 1.29 is 4.39 Å². The van der Waals surface area contributed by atoms with E-state index in [1.54, 1.807) is 12.1 Å². The molecule has 0 saturated heterocycles. The molecule has 0 spiro atoms. The highest BCUT2D eigenvalue weighted by molar-refractivity contribution is 5.90. The molecule has 0 atom stereocenters. The van der Waals surface area contributed by atoms with Gasteiger partial charge in [0.25, 0.3) is 0 Å². The SMILES string of the molecule is CC(C)CCn1c(-c2ccc(F)cc2)nc2c(N)cccc21. The van der Waals surface area contributed by atoms with Crippen LogP contribution in [0.2, 0.25) is 0 Å². The summed E-state index contributed by atoms with van der Waals surface area (Å²) in [6, 6.07) is 12.3. The van der Waals surface area contributed by atoms with E-state index in [0.717, 1.165) is 35.4 Å². The van der Waals surface area contributed by atoms with Gasteiger partial charge in [-0.05, 0) is 48.7 Å². The third-order valence-corrected chi connectivity index (χ3v) is 3.84. The maximum Gasteiger partial charge on any atom is 0.141 e. The van der Waals surface area contributed by atoms with Gasteiger partial charge in [0.1, 0.15) is 17.2 Å². The van der Waals surface area contributed by atoms with Crippen LogP contribution in [-0.2, 0) is 6.54 Å². The van der Waals surface area contributed by atoms with Crippen molar-refractivity contribution in [2.24, 2.45) is 5.92 Å². The van der Waals surface area contributed by atoms with E-state index in [0.29, 0.717) is 11.6 Å². The molecule has 1 heterocycles. The fourth-order valence-electron chi connectivity index (χ4n) is 2.60. The molecule has 0 unspecified atom stereocenters. The Labute approximate surface area is 129 Å². The van der Waals surface area contributed by atoms with Gasteiger partial charge >= 0.3 is 0 Å². The summed E-state index contributed by atoms with van der Waals surface area (Å²) in [5.74, 6) is 1.20. The van der Waals surface area contributed by atoms with Crippen molar-refractivity contribution in [1.29, 1.82) is 0 Å². The average molecular weight is 297 g/mol. The molecule has 2 N–H and O–H groups in total. The molecule has 0 aliphatic rings. The first-order valence-electron chi connectivity index (χ1n) is 7.57. The molecule has 0 amide bonds. The van der Waals surface area contributed by atoms with E-state index in [1.807, 2.05) is 18.2 Å². The lowest BCUT2D eigenvalue weighted by Gasteiger charge is -2.11. The fourth-order valence-corrected chi connectivity index (χ4v) is 2.60. The number of nitrogens with zero attached hydrogens (tertiary/aromatic N) is 2. The first-order chi connectivity index (χ1) is 10.6. The van der Waals surface area contributed by atoms with Crippen molar-refractivity contribution in [3.63, 3.8) is 0 Å². The molecular weight excluding hydrogens is 277 g/mol. The largest absolute Gasteiger partial charge is 0.397 e. The Balaban J connectivity index is 2.16. The Morgan fingerprint density at radius 3 is 2.55 bits per heavy atom. The van der Waals surface area contributed by atoms with E-state index in [9.17, 15) is 4.39 Å². The van der Waals surface area contributed by atoms with E-state index >= 15 is 0 Å². The minimum atomic E-state index is -0.242. The number of benzene rings is 2. The van der Waals surface area contributed by atoms with Gasteiger partial charge in [-0.3, -0.25) is 0 Å². The third-order valence-electron chi connectivity index (χ3n) is 3.84. The van der Waals surface area contributed by atoms with E-state index in [4.69, 9.17) is 10.7 Å². The molecule has 3 rings (SSSR count). The highest BCUT2D eigenvalue weighted by atomic mass is 19.1. The first-order valence-corrected chi connectivity index (χ1v) is 7.57. The zero-order valence-corrected chi connectivity index (χ0v) is 12.9. The van der Waals surface area contributed by atoms with Gasteiger partial charge in [-0.25, -0.2) is 9.37 Å². The zero-order valence-electron chi connectivity index (χ0n) is 12.9. The zero-order chi connectivity index (χ0) is 15.7. The Kier molecular flexibility index (Phi) is 3.84. The lowest BCUT2D eigenvalue weighted by molar-refractivity contribution is 0.525. The van der Waals surface area contributed by atoms with Gasteiger partial charge in [0.15, 0.2) is 0 Å². The number of hydrogen-bond acceptors (Lipinski definition) is 2. The number of hydrogen-bond donors (Lipinski definition) is 1. The Bertz CT molecular complexity index is 788. The van der Waals surface area contributed by atoms with E-state index in [2.05, 4.69) is 18.4 Å². The number of halogens is 1. The highest BCUT2D eigenvalue weighted by Gasteiger charge is 2.14. The fraction of sp³-hybridized carbons (Fsp3) is 0.278. The number of fused-ring (bicyclic) bond motifs is 1. The summed E-state index contributed by atoms with van der Waals surface area (Å²) < 4.78 is 15.4. The lowest BCUT2D eigenvalue weighted by Crippen LogP contribution is -2.03. The Morgan fingerprint density at radius 1 is 1.14 bits per heavy atom. The van der Waals surface area contributed by atoms with Crippen LogP contribution in [0.5, 0.6) is 0 Å². The van der Waals surface area contributed by atoms with Crippen molar-refractivity contribution in [3.8, 4) is 11.4 Å². The number of imidazole rings is 1. The summed E-state index contributed by atoms with van der Waals surface area (Å²) >= 11 is 0. The summed E-state index contributed by atoms with van der Waals surface area (Å²) in [6.07, 6.45) is 1.05. The molecule has 0 fully saturated rings. The molecule has 1 aromatic heterocycles. The number of aromatic nitrogens is 2. The van der Waals surface area contributed by atoms with Crippen LogP contribution in [0.25, 0.3) is 22.4 Å². The number of aryl methyl sites for hydroxylation is 1. The number of anilines is 1. The van der Waals surface area contributed by atoms with Crippen LogP contribution >= 0.6 is 0 Å². The third kappa shape index (κ3) is 2.69. The standard InChI is InChI=1S/C18H20FN3/c1-12(2)10-11-22-16-5-3-4-15(20)17(16)21-18(22)13-6-8-14(19)9-7-13/h3-9,12H,10-11,20H2,1-2H3. The Morgan fingerprint density at radius 2 is 1.86 bits per heavy atom. The molecule has 0 aliphatic heterocycles. The van der Waals surface area contributed by atoms with Crippen molar-refractivity contribution >= 4 is 16.7 Å². The molecule has 2 aromatic carbocycles. The first kappa shape index (κ1) is 14.6. The maximum atomic E-state index is 13.2. The molecule has 22 heavy (non-hydrogen) atoms. The normalized spacial score (nSPS) is 11.5. The maximum absolute atomic E-state index is 13.2. The topological polar surface area (TPSA) is 43.8 Å². The molecule has 3 aromatic rings. The number of rotatable bonds is 4. The van der Waals surface area contributed by atoms with Gasteiger partial charge in [-0.2, -0.15) is 0 Å². The molecule has 114 valence electrons. The predicted molar refractivity (Wildman–Crippen MR) is 89.0 cm³/mol. The second-order valence-electron chi connectivity index (χ2n) is 5.99. The molecule has 0 aliphatic carbocycles. The number of nitrogens with two attached hydrogens (primary N) is 1. The summed E-state index contributed by atoms with van der Waals surface area (Å²) in [4.78, 5) is 4.71. The molecule has 0 bridgehead atoms. The van der Waals surface area contributed by atoms with Crippen LogP contribution in [0.3, 0.4) is 0 Å². The van der Waals surface area contributed by atoms with Gasteiger partial charge in [-0.15, -0.1) is 0 Å². The Hall–Kier alpha value is -2.36. The summed E-state index contributed by atoms with van der Waals surface area (Å²) in [7, 11) is 0. The monoisotopic (exact) mass is 297 g/mol. The predicted octanol–water partition coefficient (Wildman–Crippen LogP) is 4.47. The minimum Gasteiger partial charge on any atom is -0.397 e. The van der Waals surface area contributed by atoms with Gasteiger partial charge in [0.05, 0.1) is 11.2 Å². The van der Waals surface area contributed by atoms with Crippen LogP contribution in [0.4, 0.5) is 10.1 Å². The molecule has 0 saturated carbocycles. The number of para-hydroxylation sites is 1. The van der Waals surface area contributed by atoms with Crippen LogP contribution in [0.1, 0.15) is 20.3 Å². The van der Waals surface area contributed by atoms with Gasteiger partial charge in [-0.1, -0.05) is 19.9 Å². The lowest BCUT2D eigenvalue weighted by atomic mass is 10.1. The van der Waals surface area contributed by atoms with E-state index in [-0.39, 0.29) is 5.82 Å². The molecule has 0 radical (unpaired) electrons. The number of nitrogen functional groups attached to an aromatic ring is 1. The quantitative estimate of drug-likeness (QED) is 0.722. The molecule has 4 heteroatoms. The smallest absolute Gasteiger partial charge is 0.141 e. The van der Waals surface area contributed by atoms with E-state index in [1.165, 1.54) is 12.1 Å². The van der Waals surface area contributed by atoms with Crippen LogP contribution in [0.15, 0.2) is 42.5 Å². The van der Waals surface area contributed by atoms with Crippen LogP contribution in [-0.4, -0.2) is 9.55 Å². The van der Waals surface area contributed by atoms with Gasteiger partial charge in [0.2, 0.25) is 0 Å². The summed E-state index contributed by atoms with van der Waals surface area (Å²) in [5, 5.41) is 0. The van der Waals surface area contributed by atoms with Crippen molar-refractivity contribution in [3.05, 3.63) is 48.3 Å². The van der Waals surface area contributed by atoms with E-state index < -0.39 is 0 Å². The highest BCUT2D eigenvalue weighted by Crippen LogP contribution is 2.28. The van der Waals surface area contributed by atoms with Gasteiger partial charge in [0, 0.05) is 12.1 Å². The molecule has 3 nitrogen and oxygen atoms in total. The van der Waals surface area contributed by atoms with Crippen molar-refractivity contribution in [1.82, 2.24) is 9.55 Å². The van der Waals surface area contributed by atoms with Crippen LogP contribution < -0.4 is 5.73 Å². The summed E-state index contributed by atoms with van der Waals surface area (Å²) in [6.45, 7) is 5.26. The van der Waals surface area contributed by atoms with Crippen LogP contribution in [0, 0.1) is 11.7 Å². The van der Waals surface area contributed by atoms with Crippen molar-refractivity contribution in [2.45, 2.75) is 26.8 Å².